The molecule has 0 aromatic heterocycles. The van der Waals surface area contributed by atoms with Gasteiger partial charge in [0.1, 0.15) is 11.0 Å². The molecule has 3 rings (SSSR count). The van der Waals surface area contributed by atoms with Crippen LogP contribution in [0.3, 0.4) is 0 Å². The number of hydrogen-bond donors (Lipinski definition) is 1. The summed E-state index contributed by atoms with van der Waals surface area (Å²) < 4.78 is 5.56. The van der Waals surface area contributed by atoms with Crippen LogP contribution in [0.15, 0.2) is 64.8 Å². The molecule has 0 bridgehead atoms. The van der Waals surface area contributed by atoms with Crippen LogP contribution in [0.5, 0.6) is 5.75 Å². The SMILES string of the molecule is CCCOc1ccc(N2C(=O)CC(SC(N)=N/N=C(C)/C=C/c3ccc(N(C)C)cc3)C2=O)cc1. The number of rotatable bonds is 9. The van der Waals surface area contributed by atoms with Crippen LogP contribution in [0.4, 0.5) is 11.4 Å². The summed E-state index contributed by atoms with van der Waals surface area (Å²) in [5.74, 6) is 0.109. The fraction of sp³-hybridized carbons (Fsp3) is 0.308. The van der Waals surface area contributed by atoms with Crippen molar-refractivity contribution in [1.29, 1.82) is 0 Å². The van der Waals surface area contributed by atoms with Crippen molar-refractivity contribution < 1.29 is 14.3 Å². The third-order valence-corrected chi connectivity index (χ3v) is 6.14. The van der Waals surface area contributed by atoms with Crippen LogP contribution < -0.4 is 20.3 Å². The van der Waals surface area contributed by atoms with Gasteiger partial charge in [-0.25, -0.2) is 4.90 Å². The van der Waals surface area contributed by atoms with Crippen LogP contribution >= 0.6 is 11.8 Å². The number of anilines is 2. The zero-order chi connectivity index (χ0) is 25.4. The highest BCUT2D eigenvalue weighted by atomic mass is 32.2. The first kappa shape index (κ1) is 26.0. The van der Waals surface area contributed by atoms with Crippen molar-refractivity contribution in [3.8, 4) is 5.75 Å². The van der Waals surface area contributed by atoms with Gasteiger partial charge in [-0.15, -0.1) is 5.10 Å². The number of ether oxygens (including phenoxy) is 1. The Kier molecular flexibility index (Phi) is 9.08. The van der Waals surface area contributed by atoms with E-state index in [1.165, 1.54) is 4.90 Å². The zero-order valence-corrected chi connectivity index (χ0v) is 21.3. The lowest BCUT2D eigenvalue weighted by Gasteiger charge is -2.15. The van der Waals surface area contributed by atoms with Gasteiger partial charge < -0.3 is 15.4 Å². The second-order valence-electron chi connectivity index (χ2n) is 8.22. The minimum atomic E-state index is -0.636. The quantitative estimate of drug-likeness (QED) is 0.242. The molecule has 9 heteroatoms. The maximum Gasteiger partial charge on any atom is 0.247 e. The summed E-state index contributed by atoms with van der Waals surface area (Å²) in [5.41, 5.74) is 9.33. The number of carbonyl (C=O) groups excluding carboxylic acids is 2. The molecule has 8 nitrogen and oxygen atoms in total. The first-order chi connectivity index (χ1) is 16.8. The van der Waals surface area contributed by atoms with Crippen LogP contribution in [-0.4, -0.2) is 48.6 Å². The van der Waals surface area contributed by atoms with Crippen molar-refractivity contribution in [2.45, 2.75) is 31.9 Å². The van der Waals surface area contributed by atoms with Crippen LogP contribution in [0.1, 0.15) is 32.3 Å². The molecule has 2 N–H and O–H groups in total. The Hall–Kier alpha value is -3.59. The van der Waals surface area contributed by atoms with E-state index in [0.29, 0.717) is 23.8 Å². The fourth-order valence-corrected chi connectivity index (χ4v) is 4.12. The molecule has 35 heavy (non-hydrogen) atoms. The lowest BCUT2D eigenvalue weighted by atomic mass is 10.2. The van der Waals surface area contributed by atoms with E-state index in [1.54, 1.807) is 24.3 Å². The van der Waals surface area contributed by atoms with Gasteiger partial charge in [-0.3, -0.25) is 9.59 Å². The molecular weight excluding hydrogens is 462 g/mol. The summed E-state index contributed by atoms with van der Waals surface area (Å²) in [4.78, 5) is 28.6. The number of amides is 2. The summed E-state index contributed by atoms with van der Waals surface area (Å²) in [5, 5.41) is 7.64. The first-order valence-electron chi connectivity index (χ1n) is 11.4. The average Bonchev–Trinajstić information content (AvgIpc) is 3.13. The molecule has 2 amide bonds. The van der Waals surface area contributed by atoms with Crippen molar-refractivity contribution in [3.05, 3.63) is 60.2 Å². The van der Waals surface area contributed by atoms with E-state index in [9.17, 15) is 9.59 Å². The van der Waals surface area contributed by atoms with Crippen LogP contribution in [-0.2, 0) is 9.59 Å². The number of carbonyl (C=O) groups is 2. The van der Waals surface area contributed by atoms with Gasteiger partial charge in [0.2, 0.25) is 11.8 Å². The molecule has 1 fully saturated rings. The smallest absolute Gasteiger partial charge is 0.247 e. The Morgan fingerprint density at radius 2 is 1.83 bits per heavy atom. The van der Waals surface area contributed by atoms with Crippen molar-refractivity contribution in [3.63, 3.8) is 0 Å². The van der Waals surface area contributed by atoms with Gasteiger partial charge in [0.05, 0.1) is 18.0 Å². The van der Waals surface area contributed by atoms with E-state index in [4.69, 9.17) is 10.5 Å². The number of nitrogens with zero attached hydrogens (tertiary/aromatic N) is 4. The number of benzene rings is 2. The summed E-state index contributed by atoms with van der Waals surface area (Å²) in [6.07, 6.45) is 4.73. The normalized spacial score (nSPS) is 16.9. The maximum atomic E-state index is 12.9. The van der Waals surface area contributed by atoms with Gasteiger partial charge in [-0.2, -0.15) is 5.10 Å². The minimum absolute atomic E-state index is 0.0549. The van der Waals surface area contributed by atoms with Gasteiger partial charge in [0.25, 0.3) is 0 Å². The monoisotopic (exact) mass is 493 g/mol. The van der Waals surface area contributed by atoms with Gasteiger partial charge in [0.15, 0.2) is 5.17 Å². The summed E-state index contributed by atoms with van der Waals surface area (Å²) in [6, 6.07) is 15.0. The Morgan fingerprint density at radius 3 is 2.46 bits per heavy atom. The zero-order valence-electron chi connectivity index (χ0n) is 20.5. The second-order valence-corrected chi connectivity index (χ2v) is 9.44. The minimum Gasteiger partial charge on any atom is -0.494 e. The molecule has 1 unspecified atom stereocenters. The highest BCUT2D eigenvalue weighted by Gasteiger charge is 2.40. The predicted molar refractivity (Wildman–Crippen MR) is 145 cm³/mol. The molecule has 2 aromatic rings. The third kappa shape index (κ3) is 7.19. The summed E-state index contributed by atoms with van der Waals surface area (Å²) in [7, 11) is 3.99. The topological polar surface area (TPSA) is 101 Å². The standard InChI is InChI=1S/C26H31N5O3S/c1-5-16-34-22-14-12-21(13-15-22)31-24(32)17-23(25(31)33)35-26(27)29-28-18(2)6-7-19-8-10-20(11-9-19)30(3)4/h6-15,23H,5,16-17H2,1-4H3,(H2,27,29)/b7-6+,28-18+. The molecule has 0 saturated carbocycles. The Labute approximate surface area is 210 Å². The molecule has 1 atom stereocenters. The van der Waals surface area contributed by atoms with E-state index >= 15 is 0 Å². The van der Waals surface area contributed by atoms with E-state index in [0.717, 1.165) is 29.4 Å². The molecule has 0 radical (unpaired) electrons. The molecule has 2 aromatic carbocycles. The van der Waals surface area contributed by atoms with Gasteiger partial charge in [-0.1, -0.05) is 36.9 Å². The van der Waals surface area contributed by atoms with E-state index in [1.807, 2.05) is 69.3 Å². The highest BCUT2D eigenvalue weighted by Crippen LogP contribution is 2.30. The average molecular weight is 494 g/mol. The fourth-order valence-electron chi connectivity index (χ4n) is 3.31. The molecule has 1 heterocycles. The van der Waals surface area contributed by atoms with Crippen molar-refractivity contribution in [2.24, 2.45) is 15.9 Å². The van der Waals surface area contributed by atoms with Crippen LogP contribution in [0.25, 0.3) is 6.08 Å². The Balaban J connectivity index is 1.59. The number of imide groups is 1. The maximum absolute atomic E-state index is 12.9. The molecule has 1 aliphatic heterocycles. The third-order valence-electron chi connectivity index (χ3n) is 5.17. The molecule has 1 saturated heterocycles. The Morgan fingerprint density at radius 1 is 1.14 bits per heavy atom. The number of hydrogen-bond acceptors (Lipinski definition) is 7. The molecule has 184 valence electrons. The van der Waals surface area contributed by atoms with E-state index in [-0.39, 0.29) is 23.4 Å². The Bertz CT molecular complexity index is 1120. The lowest BCUT2D eigenvalue weighted by Crippen LogP contribution is -2.31. The van der Waals surface area contributed by atoms with Crippen molar-refractivity contribution in [1.82, 2.24) is 0 Å². The van der Waals surface area contributed by atoms with Gasteiger partial charge in [0, 0.05) is 26.2 Å². The highest BCUT2D eigenvalue weighted by molar-refractivity contribution is 8.14. The lowest BCUT2D eigenvalue weighted by molar-refractivity contribution is -0.121. The van der Waals surface area contributed by atoms with E-state index in [2.05, 4.69) is 10.2 Å². The van der Waals surface area contributed by atoms with Crippen molar-refractivity contribution >= 4 is 51.9 Å². The van der Waals surface area contributed by atoms with Crippen molar-refractivity contribution in [2.75, 3.05) is 30.5 Å². The number of nitrogens with two attached hydrogens (primary N) is 1. The summed E-state index contributed by atoms with van der Waals surface area (Å²) in [6.45, 7) is 4.45. The molecule has 0 spiro atoms. The molecular formula is C26H31N5O3S. The van der Waals surface area contributed by atoms with Gasteiger partial charge >= 0.3 is 0 Å². The predicted octanol–water partition coefficient (Wildman–Crippen LogP) is 4.31. The second kappa shape index (κ2) is 12.2. The molecule has 0 aliphatic carbocycles. The summed E-state index contributed by atoms with van der Waals surface area (Å²) >= 11 is 1.05. The first-order valence-corrected chi connectivity index (χ1v) is 12.3. The van der Waals surface area contributed by atoms with Gasteiger partial charge in [-0.05, 0) is 61.4 Å². The largest absolute Gasteiger partial charge is 0.494 e. The number of thioether (sulfide) groups is 1. The molecule has 1 aliphatic rings. The van der Waals surface area contributed by atoms with Crippen LogP contribution in [0, 0.1) is 0 Å². The van der Waals surface area contributed by atoms with E-state index < -0.39 is 5.25 Å². The number of allylic oxidation sites excluding steroid dienone is 1. The van der Waals surface area contributed by atoms with Crippen LogP contribution in [0.2, 0.25) is 0 Å². The number of amidine groups is 1.